The number of carbonyl (C=O) groups excluding carboxylic acids is 2. The minimum absolute atomic E-state index is 0.0425. The van der Waals surface area contributed by atoms with Crippen molar-refractivity contribution < 1.29 is 19.1 Å². The summed E-state index contributed by atoms with van der Waals surface area (Å²) < 4.78 is 9.67. The highest BCUT2D eigenvalue weighted by Gasteiger charge is 2.30. The molecule has 5 heteroatoms. The van der Waals surface area contributed by atoms with Gasteiger partial charge in [-0.1, -0.05) is 19.3 Å². The Kier molecular flexibility index (Phi) is 6.07. The molecule has 19 heavy (non-hydrogen) atoms. The van der Waals surface area contributed by atoms with E-state index >= 15 is 0 Å². The van der Waals surface area contributed by atoms with Gasteiger partial charge in [-0.2, -0.15) is 0 Å². The van der Waals surface area contributed by atoms with E-state index < -0.39 is 11.9 Å². The number of ether oxygens (including phenoxy) is 2. The van der Waals surface area contributed by atoms with Crippen molar-refractivity contribution in [3.63, 3.8) is 0 Å². The van der Waals surface area contributed by atoms with E-state index in [9.17, 15) is 9.59 Å². The number of hydrogen-bond donors (Lipinski definition) is 0. The molecule has 1 atom stereocenters. The molecule has 1 fully saturated rings. The molecule has 0 saturated heterocycles. The van der Waals surface area contributed by atoms with Gasteiger partial charge in [-0.15, -0.1) is 0 Å². The van der Waals surface area contributed by atoms with Crippen molar-refractivity contribution in [3.8, 4) is 0 Å². The maximum atomic E-state index is 11.8. The Balaban J connectivity index is 3.15. The lowest BCUT2D eigenvalue weighted by atomic mass is 9.92. The zero-order valence-corrected chi connectivity index (χ0v) is 11.4. The standard InChI is InChI=1S/C14H19NO4/c1-4-19-14(17)12(15-2)10-8-6-5-7-9-11(10)13(16)18-3/h11H,4-9H2,1,3H3. The molecule has 1 saturated carbocycles. The van der Waals surface area contributed by atoms with E-state index in [1.807, 2.05) is 0 Å². The third-order valence-corrected chi connectivity index (χ3v) is 3.23. The highest BCUT2D eigenvalue weighted by molar-refractivity contribution is 5.93. The van der Waals surface area contributed by atoms with Crippen molar-refractivity contribution in [1.82, 2.24) is 0 Å². The summed E-state index contributed by atoms with van der Waals surface area (Å²) in [5.41, 5.74) is 0.539. The lowest BCUT2D eigenvalue weighted by Crippen LogP contribution is -2.21. The Bertz CT molecular complexity index is 420. The first-order valence-corrected chi connectivity index (χ1v) is 6.51. The smallest absolute Gasteiger partial charge is 0.336 e. The van der Waals surface area contributed by atoms with Gasteiger partial charge >= 0.3 is 11.9 Å². The van der Waals surface area contributed by atoms with Crippen LogP contribution in [0.2, 0.25) is 0 Å². The van der Waals surface area contributed by atoms with Crippen LogP contribution in [0, 0.1) is 12.5 Å². The van der Waals surface area contributed by atoms with E-state index in [4.69, 9.17) is 16.0 Å². The number of carbonyl (C=O) groups is 2. The molecule has 0 radical (unpaired) electrons. The van der Waals surface area contributed by atoms with Crippen LogP contribution in [0.3, 0.4) is 0 Å². The van der Waals surface area contributed by atoms with Crippen LogP contribution in [0.5, 0.6) is 0 Å². The molecule has 0 N–H and O–H groups in total. The zero-order chi connectivity index (χ0) is 14.3. The molecule has 1 aliphatic rings. The van der Waals surface area contributed by atoms with E-state index in [0.717, 1.165) is 19.3 Å². The zero-order valence-electron chi connectivity index (χ0n) is 11.4. The summed E-state index contributed by atoms with van der Waals surface area (Å²) in [6.07, 6.45) is 3.97. The van der Waals surface area contributed by atoms with Gasteiger partial charge in [-0.05, 0) is 25.3 Å². The molecule has 5 nitrogen and oxygen atoms in total. The second kappa shape index (κ2) is 7.57. The SMILES string of the molecule is [C-]#[N+]C(C(=O)OCC)=C1CCCCCC1C(=O)OC. The van der Waals surface area contributed by atoms with Crippen molar-refractivity contribution in [1.29, 1.82) is 0 Å². The van der Waals surface area contributed by atoms with E-state index in [-0.39, 0.29) is 18.3 Å². The Labute approximate surface area is 113 Å². The Morgan fingerprint density at radius 1 is 1.37 bits per heavy atom. The van der Waals surface area contributed by atoms with Crippen molar-refractivity contribution >= 4 is 11.9 Å². The number of methoxy groups -OCH3 is 1. The summed E-state index contributed by atoms with van der Waals surface area (Å²) in [5, 5.41) is 0. The fraction of sp³-hybridized carbons (Fsp3) is 0.643. The summed E-state index contributed by atoms with van der Waals surface area (Å²) in [6, 6.07) is 0. The molecule has 1 unspecified atom stereocenters. The van der Waals surface area contributed by atoms with Crippen LogP contribution >= 0.6 is 0 Å². The second-order valence-corrected chi connectivity index (χ2v) is 4.38. The fourth-order valence-corrected chi connectivity index (χ4v) is 2.32. The highest BCUT2D eigenvalue weighted by atomic mass is 16.5. The monoisotopic (exact) mass is 265 g/mol. The lowest BCUT2D eigenvalue weighted by Gasteiger charge is -2.16. The van der Waals surface area contributed by atoms with Crippen LogP contribution in [0.15, 0.2) is 11.3 Å². The molecule has 0 spiro atoms. The predicted octanol–water partition coefficient (Wildman–Crippen LogP) is 2.48. The third kappa shape index (κ3) is 3.82. The molecule has 0 aromatic rings. The minimum atomic E-state index is -0.636. The van der Waals surface area contributed by atoms with E-state index in [2.05, 4.69) is 4.85 Å². The first kappa shape index (κ1) is 15.2. The number of rotatable bonds is 3. The first-order chi connectivity index (χ1) is 9.15. The van der Waals surface area contributed by atoms with Crippen LogP contribution < -0.4 is 0 Å². The first-order valence-electron chi connectivity index (χ1n) is 6.51. The highest BCUT2D eigenvalue weighted by Crippen LogP contribution is 2.32. The molecule has 0 aromatic heterocycles. The molecule has 0 aromatic carbocycles. The van der Waals surface area contributed by atoms with Gasteiger partial charge in [-0.3, -0.25) is 9.59 Å². The van der Waals surface area contributed by atoms with Crippen molar-refractivity contribution in [2.75, 3.05) is 13.7 Å². The van der Waals surface area contributed by atoms with Gasteiger partial charge in [0, 0.05) is 0 Å². The largest absolute Gasteiger partial charge is 0.471 e. The minimum Gasteiger partial charge on any atom is -0.471 e. The molecule has 1 rings (SSSR count). The molecule has 104 valence electrons. The Morgan fingerprint density at radius 3 is 2.68 bits per heavy atom. The van der Waals surface area contributed by atoms with Gasteiger partial charge in [0.2, 0.25) is 0 Å². The molecule has 0 aliphatic heterocycles. The summed E-state index contributed by atoms with van der Waals surface area (Å²) in [4.78, 5) is 26.9. The Hall–Kier alpha value is -1.83. The van der Waals surface area contributed by atoms with Crippen molar-refractivity contribution in [2.24, 2.45) is 5.92 Å². The summed E-state index contributed by atoms with van der Waals surface area (Å²) >= 11 is 0. The van der Waals surface area contributed by atoms with E-state index in [0.29, 0.717) is 18.4 Å². The average molecular weight is 265 g/mol. The quantitative estimate of drug-likeness (QED) is 0.340. The maximum Gasteiger partial charge on any atom is 0.336 e. The Morgan fingerprint density at radius 2 is 2.11 bits per heavy atom. The topological polar surface area (TPSA) is 57.0 Å². The van der Waals surface area contributed by atoms with Crippen molar-refractivity contribution in [2.45, 2.75) is 39.0 Å². The maximum absolute atomic E-state index is 11.8. The number of nitrogens with zero attached hydrogens (tertiary/aromatic N) is 1. The molecular formula is C14H19NO4. The normalized spacial score (nSPS) is 21.8. The summed E-state index contributed by atoms with van der Waals surface area (Å²) in [6.45, 7) is 9.08. The molecule has 0 heterocycles. The molecule has 0 bridgehead atoms. The fourth-order valence-electron chi connectivity index (χ4n) is 2.32. The average Bonchev–Trinajstić information content (AvgIpc) is 2.65. The van der Waals surface area contributed by atoms with Gasteiger partial charge in [0.1, 0.15) is 0 Å². The molecule has 1 aliphatic carbocycles. The van der Waals surface area contributed by atoms with Gasteiger partial charge in [-0.25, -0.2) is 4.85 Å². The molecule has 0 amide bonds. The van der Waals surface area contributed by atoms with Gasteiger partial charge < -0.3 is 9.47 Å². The van der Waals surface area contributed by atoms with Crippen LogP contribution in [0.25, 0.3) is 4.85 Å². The summed E-state index contributed by atoms with van der Waals surface area (Å²) in [5.74, 6) is -1.49. The predicted molar refractivity (Wildman–Crippen MR) is 68.9 cm³/mol. The van der Waals surface area contributed by atoms with Gasteiger partial charge in [0.15, 0.2) is 0 Å². The van der Waals surface area contributed by atoms with E-state index in [1.165, 1.54) is 7.11 Å². The van der Waals surface area contributed by atoms with Crippen LogP contribution in [-0.4, -0.2) is 25.7 Å². The molecular weight excluding hydrogens is 246 g/mol. The lowest BCUT2D eigenvalue weighted by molar-refractivity contribution is -0.144. The van der Waals surface area contributed by atoms with E-state index in [1.54, 1.807) is 6.92 Å². The van der Waals surface area contributed by atoms with Crippen LogP contribution in [0.1, 0.15) is 39.0 Å². The second-order valence-electron chi connectivity index (χ2n) is 4.38. The number of hydrogen-bond acceptors (Lipinski definition) is 4. The summed E-state index contributed by atoms with van der Waals surface area (Å²) in [7, 11) is 1.33. The van der Waals surface area contributed by atoms with Crippen molar-refractivity contribution in [3.05, 3.63) is 22.7 Å². The number of esters is 2. The van der Waals surface area contributed by atoms with Gasteiger partial charge in [0.05, 0.1) is 26.2 Å². The van der Waals surface area contributed by atoms with Crippen LogP contribution in [0.4, 0.5) is 0 Å². The van der Waals surface area contributed by atoms with Gasteiger partial charge in [0.25, 0.3) is 5.70 Å². The third-order valence-electron chi connectivity index (χ3n) is 3.23. The van der Waals surface area contributed by atoms with Crippen LogP contribution in [-0.2, 0) is 19.1 Å².